The smallest absolute Gasteiger partial charge is 0.255 e. The number of aryl methyl sites for hydroxylation is 1. The predicted octanol–water partition coefficient (Wildman–Crippen LogP) is 3.25. The lowest BCUT2D eigenvalue weighted by Crippen LogP contribution is -2.14. The van der Waals surface area contributed by atoms with Crippen molar-refractivity contribution in [3.8, 4) is 0 Å². The Balaban J connectivity index is 2.30. The van der Waals surface area contributed by atoms with Gasteiger partial charge in [0.1, 0.15) is 17.5 Å². The molecule has 0 unspecified atom stereocenters. The number of anilines is 2. The molecule has 0 atom stereocenters. The summed E-state index contributed by atoms with van der Waals surface area (Å²) in [4.78, 5) is 11.8. The van der Waals surface area contributed by atoms with E-state index in [-0.39, 0.29) is 22.5 Å². The van der Waals surface area contributed by atoms with Gasteiger partial charge in [0.15, 0.2) is 0 Å². The van der Waals surface area contributed by atoms with Crippen LogP contribution in [-0.4, -0.2) is 5.91 Å². The third kappa shape index (κ3) is 2.90. The van der Waals surface area contributed by atoms with E-state index >= 15 is 0 Å². The number of nitrogens with two attached hydrogens (primary N) is 1. The van der Waals surface area contributed by atoms with Crippen molar-refractivity contribution in [2.75, 3.05) is 11.1 Å². The Bertz CT molecular complexity index is 666. The second kappa shape index (κ2) is 5.24. The normalized spacial score (nSPS) is 10.4. The van der Waals surface area contributed by atoms with Crippen molar-refractivity contribution in [1.82, 2.24) is 0 Å². The van der Waals surface area contributed by atoms with Crippen LogP contribution in [0.3, 0.4) is 0 Å². The molecule has 0 radical (unpaired) electrons. The van der Waals surface area contributed by atoms with Crippen LogP contribution in [0.4, 0.5) is 24.5 Å². The first-order valence-electron chi connectivity index (χ1n) is 5.70. The van der Waals surface area contributed by atoms with E-state index in [4.69, 9.17) is 5.73 Å². The van der Waals surface area contributed by atoms with E-state index in [1.165, 1.54) is 13.0 Å². The van der Waals surface area contributed by atoms with Crippen LogP contribution < -0.4 is 11.1 Å². The first kappa shape index (κ1) is 13.9. The van der Waals surface area contributed by atoms with Gasteiger partial charge in [-0.25, -0.2) is 13.2 Å². The van der Waals surface area contributed by atoms with Gasteiger partial charge in [0, 0.05) is 17.3 Å². The fraction of sp³-hybridized carbons (Fsp3) is 0.0714. The largest absolute Gasteiger partial charge is 0.399 e. The van der Waals surface area contributed by atoms with Gasteiger partial charge in [-0.1, -0.05) is 0 Å². The standard InChI is InChI=1S/C14H11F3N2O/c1-7-2-12(17)13(6-11(7)16)19-14(20)8-3-9(15)5-10(18)4-8/h2-6H,18H2,1H3,(H,19,20). The molecule has 0 heterocycles. The van der Waals surface area contributed by atoms with Gasteiger partial charge in [-0.05, 0) is 36.8 Å². The Morgan fingerprint density at radius 1 is 1.05 bits per heavy atom. The quantitative estimate of drug-likeness (QED) is 0.830. The number of carbonyl (C=O) groups is 1. The molecule has 20 heavy (non-hydrogen) atoms. The summed E-state index contributed by atoms with van der Waals surface area (Å²) in [6, 6.07) is 5.06. The molecule has 2 aromatic rings. The maximum Gasteiger partial charge on any atom is 0.255 e. The molecule has 3 nitrogen and oxygen atoms in total. The molecule has 0 spiro atoms. The van der Waals surface area contributed by atoms with E-state index in [9.17, 15) is 18.0 Å². The summed E-state index contributed by atoms with van der Waals surface area (Å²) in [7, 11) is 0. The van der Waals surface area contributed by atoms with Crippen molar-refractivity contribution >= 4 is 17.3 Å². The second-order valence-corrected chi connectivity index (χ2v) is 4.31. The highest BCUT2D eigenvalue weighted by molar-refractivity contribution is 6.04. The number of amides is 1. The SMILES string of the molecule is Cc1cc(F)c(NC(=O)c2cc(N)cc(F)c2)cc1F. The molecule has 2 rings (SSSR count). The van der Waals surface area contributed by atoms with Crippen LogP contribution in [0.2, 0.25) is 0 Å². The summed E-state index contributed by atoms with van der Waals surface area (Å²) >= 11 is 0. The zero-order valence-electron chi connectivity index (χ0n) is 10.5. The highest BCUT2D eigenvalue weighted by Gasteiger charge is 2.13. The number of carbonyl (C=O) groups excluding carboxylic acids is 1. The molecule has 2 aromatic carbocycles. The van der Waals surface area contributed by atoms with Crippen LogP contribution in [0.5, 0.6) is 0 Å². The lowest BCUT2D eigenvalue weighted by atomic mass is 10.1. The molecule has 104 valence electrons. The van der Waals surface area contributed by atoms with Crippen molar-refractivity contribution in [1.29, 1.82) is 0 Å². The third-order valence-corrected chi connectivity index (χ3v) is 2.68. The van der Waals surface area contributed by atoms with Crippen molar-refractivity contribution in [3.63, 3.8) is 0 Å². The van der Waals surface area contributed by atoms with Gasteiger partial charge < -0.3 is 11.1 Å². The van der Waals surface area contributed by atoms with Crippen molar-refractivity contribution in [3.05, 3.63) is 58.9 Å². The van der Waals surface area contributed by atoms with Crippen molar-refractivity contribution in [2.45, 2.75) is 6.92 Å². The Hall–Kier alpha value is -2.50. The van der Waals surface area contributed by atoms with Gasteiger partial charge in [0.2, 0.25) is 0 Å². The maximum absolute atomic E-state index is 13.6. The maximum atomic E-state index is 13.6. The molecule has 0 saturated heterocycles. The van der Waals surface area contributed by atoms with Crippen LogP contribution in [-0.2, 0) is 0 Å². The van der Waals surface area contributed by atoms with E-state index in [0.29, 0.717) is 0 Å². The molecule has 0 fully saturated rings. The molecule has 0 saturated carbocycles. The van der Waals surface area contributed by atoms with Gasteiger partial charge in [-0.2, -0.15) is 0 Å². The van der Waals surface area contributed by atoms with Gasteiger partial charge in [0.25, 0.3) is 5.91 Å². The van der Waals surface area contributed by atoms with Crippen LogP contribution in [0.1, 0.15) is 15.9 Å². The monoisotopic (exact) mass is 280 g/mol. The number of rotatable bonds is 2. The molecule has 3 N–H and O–H groups in total. The molecule has 6 heteroatoms. The topological polar surface area (TPSA) is 55.1 Å². The minimum atomic E-state index is -0.779. The van der Waals surface area contributed by atoms with Gasteiger partial charge in [-0.15, -0.1) is 0 Å². The lowest BCUT2D eigenvalue weighted by Gasteiger charge is -2.08. The van der Waals surface area contributed by atoms with Crippen LogP contribution in [0, 0.1) is 24.4 Å². The zero-order chi connectivity index (χ0) is 14.9. The van der Waals surface area contributed by atoms with Crippen molar-refractivity contribution < 1.29 is 18.0 Å². The average Bonchev–Trinajstić information content (AvgIpc) is 2.34. The number of benzene rings is 2. The summed E-state index contributed by atoms with van der Waals surface area (Å²) in [5.74, 6) is -2.90. The van der Waals surface area contributed by atoms with Crippen LogP contribution >= 0.6 is 0 Å². The molecule has 1 amide bonds. The number of hydrogen-bond donors (Lipinski definition) is 2. The Morgan fingerprint density at radius 3 is 2.40 bits per heavy atom. The Morgan fingerprint density at radius 2 is 1.75 bits per heavy atom. The summed E-state index contributed by atoms with van der Waals surface area (Å²) < 4.78 is 40.1. The van der Waals surface area contributed by atoms with Gasteiger partial charge in [-0.3, -0.25) is 4.79 Å². The minimum absolute atomic E-state index is 0.0608. The molecular formula is C14H11F3N2O. The van der Waals surface area contributed by atoms with Gasteiger partial charge in [0.05, 0.1) is 5.69 Å². The fourth-order valence-corrected chi connectivity index (χ4v) is 1.68. The summed E-state index contributed by atoms with van der Waals surface area (Å²) in [6.07, 6.45) is 0. The predicted molar refractivity (Wildman–Crippen MR) is 69.9 cm³/mol. The lowest BCUT2D eigenvalue weighted by molar-refractivity contribution is 0.102. The zero-order valence-corrected chi connectivity index (χ0v) is 10.5. The first-order valence-corrected chi connectivity index (χ1v) is 5.70. The van der Waals surface area contributed by atoms with E-state index in [0.717, 1.165) is 24.3 Å². The average molecular weight is 280 g/mol. The molecule has 0 aliphatic heterocycles. The number of halogens is 3. The number of nitrogens with one attached hydrogen (secondary N) is 1. The Kier molecular flexibility index (Phi) is 3.65. The molecular weight excluding hydrogens is 269 g/mol. The Labute approximate surface area is 113 Å². The minimum Gasteiger partial charge on any atom is -0.399 e. The second-order valence-electron chi connectivity index (χ2n) is 4.31. The fourth-order valence-electron chi connectivity index (χ4n) is 1.68. The van der Waals surface area contributed by atoms with Gasteiger partial charge >= 0.3 is 0 Å². The molecule has 0 bridgehead atoms. The van der Waals surface area contributed by atoms with Crippen LogP contribution in [0.25, 0.3) is 0 Å². The summed E-state index contributed by atoms with van der Waals surface area (Å²) in [5, 5.41) is 2.17. The summed E-state index contributed by atoms with van der Waals surface area (Å²) in [5.41, 5.74) is 5.19. The van der Waals surface area contributed by atoms with Crippen LogP contribution in [0.15, 0.2) is 30.3 Å². The van der Waals surface area contributed by atoms with E-state index in [2.05, 4.69) is 5.32 Å². The molecule has 0 aliphatic rings. The highest BCUT2D eigenvalue weighted by Crippen LogP contribution is 2.20. The van der Waals surface area contributed by atoms with E-state index in [1.807, 2.05) is 0 Å². The molecule has 0 aliphatic carbocycles. The van der Waals surface area contributed by atoms with E-state index < -0.39 is 23.4 Å². The highest BCUT2D eigenvalue weighted by atomic mass is 19.1. The number of nitrogen functional groups attached to an aromatic ring is 1. The van der Waals surface area contributed by atoms with E-state index in [1.54, 1.807) is 0 Å². The summed E-state index contributed by atoms with van der Waals surface area (Å²) in [6.45, 7) is 1.40. The molecule has 0 aromatic heterocycles. The number of hydrogen-bond acceptors (Lipinski definition) is 2. The first-order chi connectivity index (χ1) is 9.36. The van der Waals surface area contributed by atoms with Crippen molar-refractivity contribution in [2.24, 2.45) is 0 Å². The third-order valence-electron chi connectivity index (χ3n) is 2.68.